The van der Waals surface area contributed by atoms with Crippen molar-refractivity contribution in [3.63, 3.8) is 0 Å². The summed E-state index contributed by atoms with van der Waals surface area (Å²) in [4.78, 5) is 26.8. The van der Waals surface area contributed by atoms with E-state index in [0.29, 0.717) is 35.8 Å². The number of rotatable bonds is 9. The van der Waals surface area contributed by atoms with Gasteiger partial charge in [-0.15, -0.1) is 0 Å². The lowest BCUT2D eigenvalue weighted by atomic mass is 9.93. The Bertz CT molecular complexity index is 1420. The van der Waals surface area contributed by atoms with Crippen LogP contribution in [-0.2, 0) is 11.2 Å². The maximum absolute atomic E-state index is 12.6. The molecule has 1 amide bonds. The van der Waals surface area contributed by atoms with Crippen LogP contribution in [0.1, 0.15) is 63.1 Å². The van der Waals surface area contributed by atoms with E-state index in [2.05, 4.69) is 66.0 Å². The third kappa shape index (κ3) is 6.72. The number of carbonyl (C=O) groups excluding carboxylic acids is 1. The first kappa shape index (κ1) is 26.6. The van der Waals surface area contributed by atoms with Gasteiger partial charge in [-0.1, -0.05) is 35.9 Å². The molecule has 5 rings (SSSR count). The highest BCUT2D eigenvalue weighted by Gasteiger charge is 2.22. The smallest absolute Gasteiger partial charge is 0.227 e. The van der Waals surface area contributed by atoms with Crippen molar-refractivity contribution in [1.82, 2.24) is 19.5 Å². The van der Waals surface area contributed by atoms with Gasteiger partial charge in [-0.3, -0.25) is 4.79 Å². The Hall–Kier alpha value is -3.98. The summed E-state index contributed by atoms with van der Waals surface area (Å²) in [6.07, 6.45) is 5.98. The third-order valence-corrected chi connectivity index (χ3v) is 7.18. The van der Waals surface area contributed by atoms with Gasteiger partial charge in [-0.2, -0.15) is 9.97 Å². The summed E-state index contributed by atoms with van der Waals surface area (Å²) in [5.74, 6) is 1.10. The van der Waals surface area contributed by atoms with Crippen molar-refractivity contribution < 1.29 is 9.90 Å². The minimum absolute atomic E-state index is 0.0306. The van der Waals surface area contributed by atoms with Gasteiger partial charge in [0.25, 0.3) is 0 Å². The van der Waals surface area contributed by atoms with E-state index in [9.17, 15) is 9.90 Å². The Labute approximate surface area is 229 Å². The van der Waals surface area contributed by atoms with Crippen LogP contribution >= 0.6 is 0 Å². The molecule has 2 aromatic carbocycles. The van der Waals surface area contributed by atoms with Crippen LogP contribution in [0.5, 0.6) is 0 Å². The normalized spacial score (nSPS) is 17.4. The van der Waals surface area contributed by atoms with Crippen LogP contribution in [-0.4, -0.2) is 42.7 Å². The summed E-state index contributed by atoms with van der Waals surface area (Å²) in [5, 5.41) is 19.8. The number of carbonyl (C=O) groups is 1. The Morgan fingerprint density at radius 3 is 2.54 bits per heavy atom. The second-order valence-corrected chi connectivity index (χ2v) is 10.7. The fourth-order valence-corrected chi connectivity index (χ4v) is 4.90. The Morgan fingerprint density at radius 2 is 1.79 bits per heavy atom. The van der Waals surface area contributed by atoms with E-state index in [1.165, 1.54) is 5.56 Å². The number of aromatic nitrogens is 4. The minimum atomic E-state index is -0.221. The number of amides is 1. The monoisotopic (exact) mass is 527 g/mol. The van der Waals surface area contributed by atoms with E-state index < -0.39 is 0 Å². The van der Waals surface area contributed by atoms with E-state index in [4.69, 9.17) is 9.97 Å². The summed E-state index contributed by atoms with van der Waals surface area (Å²) >= 11 is 0. The molecule has 4 N–H and O–H groups in total. The lowest BCUT2D eigenvalue weighted by Gasteiger charge is -2.26. The average Bonchev–Trinajstić information content (AvgIpc) is 3.35. The molecule has 0 bridgehead atoms. The van der Waals surface area contributed by atoms with Crippen LogP contribution in [0.15, 0.2) is 54.9 Å². The standard InChI is InChI=1S/C30H37N7O2/c1-19(2)37-18-31-27-28(35-30(36-29(27)37)34-22-12-14-25(38)15-13-22)33-24-6-4-5-23(17-24)32-26(39)16-11-21-9-7-20(3)8-10-21/h4-10,17-19,22,25,38H,11-16H2,1-3H3,(H,32,39)(H2,33,34,35,36). The third-order valence-electron chi connectivity index (χ3n) is 7.18. The number of nitrogens with one attached hydrogen (secondary N) is 3. The predicted octanol–water partition coefficient (Wildman–Crippen LogP) is 5.75. The van der Waals surface area contributed by atoms with Crippen LogP contribution < -0.4 is 16.0 Å². The molecule has 0 saturated heterocycles. The first-order valence-electron chi connectivity index (χ1n) is 13.8. The molecule has 204 valence electrons. The summed E-state index contributed by atoms with van der Waals surface area (Å²) < 4.78 is 2.03. The average molecular weight is 528 g/mol. The van der Waals surface area contributed by atoms with Gasteiger partial charge in [0.05, 0.1) is 12.4 Å². The molecule has 1 fully saturated rings. The number of anilines is 4. The van der Waals surface area contributed by atoms with Crippen LogP contribution in [0.3, 0.4) is 0 Å². The van der Waals surface area contributed by atoms with Crippen molar-refractivity contribution in [2.75, 3.05) is 16.0 Å². The largest absolute Gasteiger partial charge is 0.393 e. The summed E-state index contributed by atoms with van der Waals surface area (Å²) in [7, 11) is 0. The van der Waals surface area contributed by atoms with E-state index >= 15 is 0 Å². The molecule has 9 nitrogen and oxygen atoms in total. The highest BCUT2D eigenvalue weighted by atomic mass is 16.3. The van der Waals surface area contributed by atoms with Gasteiger partial charge in [-0.05, 0) is 76.6 Å². The maximum atomic E-state index is 12.6. The first-order chi connectivity index (χ1) is 18.8. The molecule has 2 heterocycles. The van der Waals surface area contributed by atoms with Gasteiger partial charge in [0.15, 0.2) is 17.0 Å². The lowest BCUT2D eigenvalue weighted by Crippen LogP contribution is -2.29. The zero-order chi connectivity index (χ0) is 27.4. The molecule has 0 atom stereocenters. The Balaban J connectivity index is 1.32. The van der Waals surface area contributed by atoms with E-state index in [0.717, 1.165) is 42.6 Å². The zero-order valence-corrected chi connectivity index (χ0v) is 22.8. The molecular formula is C30H37N7O2. The number of fused-ring (bicyclic) bond motifs is 1. The molecule has 0 radical (unpaired) electrons. The van der Waals surface area contributed by atoms with Crippen LogP contribution in [0.4, 0.5) is 23.1 Å². The van der Waals surface area contributed by atoms with Gasteiger partial charge in [0.2, 0.25) is 11.9 Å². The van der Waals surface area contributed by atoms with Gasteiger partial charge in [0.1, 0.15) is 0 Å². The number of imidazole rings is 1. The molecule has 1 saturated carbocycles. The highest BCUT2D eigenvalue weighted by molar-refractivity contribution is 5.92. The van der Waals surface area contributed by atoms with Crippen LogP contribution in [0.2, 0.25) is 0 Å². The van der Waals surface area contributed by atoms with Gasteiger partial charge < -0.3 is 25.6 Å². The molecular weight excluding hydrogens is 490 g/mol. The topological polar surface area (TPSA) is 117 Å². The molecule has 0 unspecified atom stereocenters. The van der Waals surface area contributed by atoms with Gasteiger partial charge in [-0.25, -0.2) is 4.98 Å². The van der Waals surface area contributed by atoms with Crippen molar-refractivity contribution in [1.29, 1.82) is 0 Å². The summed E-state index contributed by atoms with van der Waals surface area (Å²) in [6, 6.07) is 16.3. The fraction of sp³-hybridized carbons (Fsp3) is 0.400. The van der Waals surface area contributed by atoms with Crippen LogP contribution in [0.25, 0.3) is 11.2 Å². The highest BCUT2D eigenvalue weighted by Crippen LogP contribution is 2.28. The second-order valence-electron chi connectivity index (χ2n) is 10.7. The number of hydrogen-bond donors (Lipinski definition) is 4. The maximum Gasteiger partial charge on any atom is 0.227 e. The molecule has 39 heavy (non-hydrogen) atoms. The number of benzene rings is 2. The second kappa shape index (κ2) is 11.8. The Kier molecular flexibility index (Phi) is 8.07. The molecule has 4 aromatic rings. The minimum Gasteiger partial charge on any atom is -0.393 e. The fourth-order valence-electron chi connectivity index (χ4n) is 4.90. The van der Waals surface area contributed by atoms with Crippen molar-refractivity contribution >= 4 is 40.2 Å². The number of hydrogen-bond acceptors (Lipinski definition) is 7. The van der Waals surface area contributed by atoms with Gasteiger partial charge in [0, 0.05) is 29.9 Å². The van der Waals surface area contributed by atoms with Crippen molar-refractivity contribution in [3.8, 4) is 0 Å². The molecule has 9 heteroatoms. The summed E-state index contributed by atoms with van der Waals surface area (Å²) in [5.41, 5.74) is 5.29. The SMILES string of the molecule is Cc1ccc(CCC(=O)Nc2cccc(Nc3nc(NC4CCC(O)CC4)nc4c3ncn4C(C)C)c2)cc1. The predicted molar refractivity (Wildman–Crippen MR) is 155 cm³/mol. The van der Waals surface area contributed by atoms with Crippen LogP contribution in [0, 0.1) is 6.92 Å². The molecule has 2 aromatic heterocycles. The van der Waals surface area contributed by atoms with E-state index in [-0.39, 0.29) is 24.1 Å². The number of aliphatic hydroxyl groups excluding tert-OH is 1. The number of aryl methyl sites for hydroxylation is 2. The Morgan fingerprint density at radius 1 is 1.05 bits per heavy atom. The van der Waals surface area contributed by atoms with Crippen molar-refractivity contribution in [2.45, 2.75) is 77.5 Å². The molecule has 1 aliphatic rings. The molecule has 0 aliphatic heterocycles. The first-order valence-corrected chi connectivity index (χ1v) is 13.8. The molecule has 1 aliphatic carbocycles. The van der Waals surface area contributed by atoms with E-state index in [1.807, 2.05) is 28.8 Å². The lowest BCUT2D eigenvalue weighted by molar-refractivity contribution is -0.116. The van der Waals surface area contributed by atoms with Crippen molar-refractivity contribution in [3.05, 3.63) is 66.0 Å². The van der Waals surface area contributed by atoms with Gasteiger partial charge >= 0.3 is 0 Å². The molecule has 0 spiro atoms. The summed E-state index contributed by atoms with van der Waals surface area (Å²) in [6.45, 7) is 6.24. The van der Waals surface area contributed by atoms with E-state index in [1.54, 1.807) is 6.33 Å². The zero-order valence-electron chi connectivity index (χ0n) is 22.8. The number of nitrogens with zero attached hydrogens (tertiary/aromatic N) is 4. The number of aliphatic hydroxyl groups is 1. The quantitative estimate of drug-likeness (QED) is 0.219. The van der Waals surface area contributed by atoms with Crippen molar-refractivity contribution in [2.24, 2.45) is 0 Å².